The molecule has 0 unspecified atom stereocenters. The van der Waals surface area contributed by atoms with Gasteiger partial charge in [-0.2, -0.15) is 18.3 Å². The van der Waals surface area contributed by atoms with Crippen molar-refractivity contribution in [2.45, 2.75) is 32.4 Å². The summed E-state index contributed by atoms with van der Waals surface area (Å²) in [4.78, 5) is 21.7. The normalized spacial score (nSPS) is 15.4. The van der Waals surface area contributed by atoms with Crippen LogP contribution in [0.25, 0.3) is 0 Å². The van der Waals surface area contributed by atoms with Crippen molar-refractivity contribution in [1.82, 2.24) is 10.2 Å². The molecular weight excluding hydrogens is 331 g/mol. The zero-order chi connectivity index (χ0) is 18.3. The summed E-state index contributed by atoms with van der Waals surface area (Å²) in [6, 6.07) is 3.92. The maximum Gasteiger partial charge on any atom is 0.490 e. The number of nitrogens with zero attached hydrogens (tertiary/aromatic N) is 3. The number of hydrogen-bond donors (Lipinski definition) is 2. The second-order valence-electron chi connectivity index (χ2n) is 5.36. The standard InChI is InChI=1S/C12H17N3O2.C2HF3O2/c1-9-2-3-11(14-13-9)15-6-4-10(5-7-15)8-12(16)17;3-2(4,5)1(6)7/h2-3,10H,4-8H2,1H3,(H,16,17);(H,6,7). The lowest BCUT2D eigenvalue weighted by molar-refractivity contribution is -0.192. The molecule has 24 heavy (non-hydrogen) atoms. The molecule has 1 fully saturated rings. The number of alkyl halides is 3. The van der Waals surface area contributed by atoms with E-state index in [1.54, 1.807) is 0 Å². The number of carboxylic acid groups (broad SMARTS) is 2. The highest BCUT2D eigenvalue weighted by atomic mass is 19.4. The number of rotatable bonds is 3. The molecule has 2 N–H and O–H groups in total. The highest BCUT2D eigenvalue weighted by molar-refractivity contribution is 5.73. The van der Waals surface area contributed by atoms with E-state index in [2.05, 4.69) is 15.1 Å². The Morgan fingerprint density at radius 2 is 1.75 bits per heavy atom. The molecule has 1 aromatic rings. The minimum atomic E-state index is -5.08. The molecule has 0 radical (unpaired) electrons. The Hall–Kier alpha value is -2.39. The Morgan fingerprint density at radius 3 is 2.12 bits per heavy atom. The maximum absolute atomic E-state index is 10.6. The average molecular weight is 349 g/mol. The van der Waals surface area contributed by atoms with Crippen LogP contribution >= 0.6 is 0 Å². The van der Waals surface area contributed by atoms with Crippen LogP contribution < -0.4 is 4.90 Å². The molecule has 2 rings (SSSR count). The lowest BCUT2D eigenvalue weighted by atomic mass is 9.94. The van der Waals surface area contributed by atoms with E-state index in [0.29, 0.717) is 5.92 Å². The topological polar surface area (TPSA) is 104 Å². The van der Waals surface area contributed by atoms with Gasteiger partial charge in [0.05, 0.1) is 5.69 Å². The van der Waals surface area contributed by atoms with Crippen LogP contribution in [-0.4, -0.2) is 51.6 Å². The van der Waals surface area contributed by atoms with Gasteiger partial charge in [0.25, 0.3) is 0 Å². The molecule has 1 saturated heterocycles. The van der Waals surface area contributed by atoms with Crippen LogP contribution in [-0.2, 0) is 9.59 Å². The predicted molar refractivity (Wildman–Crippen MR) is 77.6 cm³/mol. The van der Waals surface area contributed by atoms with Crippen molar-refractivity contribution in [2.24, 2.45) is 5.92 Å². The summed E-state index contributed by atoms with van der Waals surface area (Å²) < 4.78 is 31.7. The quantitative estimate of drug-likeness (QED) is 0.861. The van der Waals surface area contributed by atoms with E-state index in [1.165, 1.54) is 0 Å². The average Bonchev–Trinajstić information content (AvgIpc) is 2.48. The first-order chi connectivity index (χ1) is 11.1. The number of aromatic nitrogens is 2. The number of anilines is 1. The first-order valence-corrected chi connectivity index (χ1v) is 7.16. The molecule has 7 nitrogen and oxygen atoms in total. The number of carboxylic acids is 2. The van der Waals surface area contributed by atoms with Crippen LogP contribution in [0, 0.1) is 12.8 Å². The van der Waals surface area contributed by atoms with Gasteiger partial charge in [0.1, 0.15) is 0 Å². The molecule has 134 valence electrons. The Labute approximate surface area is 136 Å². The van der Waals surface area contributed by atoms with Gasteiger partial charge in [0, 0.05) is 19.5 Å². The van der Waals surface area contributed by atoms with Gasteiger partial charge < -0.3 is 15.1 Å². The monoisotopic (exact) mass is 349 g/mol. The fraction of sp³-hybridized carbons (Fsp3) is 0.571. The fourth-order valence-electron chi connectivity index (χ4n) is 2.17. The van der Waals surface area contributed by atoms with Crippen molar-refractivity contribution in [2.75, 3.05) is 18.0 Å². The van der Waals surface area contributed by atoms with Crippen LogP contribution in [0.4, 0.5) is 19.0 Å². The Morgan fingerprint density at radius 1 is 1.21 bits per heavy atom. The summed E-state index contributed by atoms with van der Waals surface area (Å²) in [5.74, 6) is -2.25. The number of carbonyl (C=O) groups is 2. The summed E-state index contributed by atoms with van der Waals surface area (Å²) in [7, 11) is 0. The van der Waals surface area contributed by atoms with E-state index in [0.717, 1.165) is 37.4 Å². The fourth-order valence-corrected chi connectivity index (χ4v) is 2.17. The molecule has 0 aromatic carbocycles. The number of aryl methyl sites for hydroxylation is 1. The molecule has 10 heteroatoms. The van der Waals surface area contributed by atoms with Crippen molar-refractivity contribution < 1.29 is 33.0 Å². The minimum Gasteiger partial charge on any atom is -0.481 e. The first-order valence-electron chi connectivity index (χ1n) is 7.16. The van der Waals surface area contributed by atoms with Gasteiger partial charge in [-0.3, -0.25) is 4.79 Å². The van der Waals surface area contributed by atoms with Crippen LogP contribution in [0.15, 0.2) is 12.1 Å². The SMILES string of the molecule is Cc1ccc(N2CCC(CC(=O)O)CC2)nn1.O=C(O)C(F)(F)F. The minimum absolute atomic E-state index is 0.285. The molecule has 0 spiro atoms. The summed E-state index contributed by atoms with van der Waals surface area (Å²) in [5.41, 5.74) is 0.912. The van der Waals surface area contributed by atoms with Crippen molar-refractivity contribution >= 4 is 17.8 Å². The molecule has 0 bridgehead atoms. The third kappa shape index (κ3) is 6.80. The largest absolute Gasteiger partial charge is 0.490 e. The second-order valence-corrected chi connectivity index (χ2v) is 5.36. The molecular formula is C14H18F3N3O4. The summed E-state index contributed by atoms with van der Waals surface area (Å²) in [5, 5.41) is 24.1. The second kappa shape index (κ2) is 8.46. The number of aliphatic carboxylic acids is 2. The van der Waals surface area contributed by atoms with Crippen LogP contribution in [0.3, 0.4) is 0 Å². The summed E-state index contributed by atoms with van der Waals surface area (Å²) >= 11 is 0. The lowest BCUT2D eigenvalue weighted by Gasteiger charge is -2.31. The van der Waals surface area contributed by atoms with E-state index < -0.39 is 18.1 Å². The van der Waals surface area contributed by atoms with Crippen LogP contribution in [0.1, 0.15) is 25.0 Å². The first kappa shape index (κ1) is 19.7. The molecule has 0 aliphatic carbocycles. The van der Waals surface area contributed by atoms with Gasteiger partial charge in [-0.05, 0) is 37.8 Å². The zero-order valence-corrected chi connectivity index (χ0v) is 13.0. The molecule has 0 amide bonds. The van der Waals surface area contributed by atoms with Gasteiger partial charge in [-0.1, -0.05) is 0 Å². The van der Waals surface area contributed by atoms with E-state index in [9.17, 15) is 18.0 Å². The summed E-state index contributed by atoms with van der Waals surface area (Å²) in [6.07, 6.45) is -2.96. The van der Waals surface area contributed by atoms with Crippen LogP contribution in [0.2, 0.25) is 0 Å². The van der Waals surface area contributed by atoms with E-state index >= 15 is 0 Å². The molecule has 1 aromatic heterocycles. The predicted octanol–water partition coefficient (Wildman–Crippen LogP) is 2.11. The smallest absolute Gasteiger partial charge is 0.481 e. The Balaban J connectivity index is 0.000000351. The molecule has 1 aliphatic rings. The number of piperidine rings is 1. The molecule has 0 atom stereocenters. The zero-order valence-electron chi connectivity index (χ0n) is 13.0. The van der Waals surface area contributed by atoms with Crippen molar-refractivity contribution in [3.8, 4) is 0 Å². The maximum atomic E-state index is 10.6. The van der Waals surface area contributed by atoms with Gasteiger partial charge >= 0.3 is 18.1 Å². The third-order valence-electron chi connectivity index (χ3n) is 3.43. The van der Waals surface area contributed by atoms with Gasteiger partial charge in [0.2, 0.25) is 0 Å². The highest BCUT2D eigenvalue weighted by Gasteiger charge is 2.38. The van der Waals surface area contributed by atoms with Crippen LogP contribution in [0.5, 0.6) is 0 Å². The van der Waals surface area contributed by atoms with Crippen molar-refractivity contribution in [1.29, 1.82) is 0 Å². The molecule has 1 aliphatic heterocycles. The van der Waals surface area contributed by atoms with Gasteiger partial charge in [-0.15, -0.1) is 5.10 Å². The van der Waals surface area contributed by atoms with E-state index in [4.69, 9.17) is 15.0 Å². The van der Waals surface area contributed by atoms with Crippen molar-refractivity contribution in [3.63, 3.8) is 0 Å². The van der Waals surface area contributed by atoms with Gasteiger partial charge in [0.15, 0.2) is 5.82 Å². The highest BCUT2D eigenvalue weighted by Crippen LogP contribution is 2.23. The number of halogens is 3. The van der Waals surface area contributed by atoms with E-state index in [1.807, 2.05) is 19.1 Å². The molecule has 0 saturated carbocycles. The summed E-state index contributed by atoms with van der Waals surface area (Å²) in [6.45, 7) is 3.65. The molecule has 2 heterocycles. The van der Waals surface area contributed by atoms with E-state index in [-0.39, 0.29) is 6.42 Å². The Kier molecular flexibility index (Phi) is 6.93. The van der Waals surface area contributed by atoms with Crippen molar-refractivity contribution in [3.05, 3.63) is 17.8 Å². The third-order valence-corrected chi connectivity index (χ3v) is 3.43. The number of hydrogen-bond acceptors (Lipinski definition) is 5. The lowest BCUT2D eigenvalue weighted by Crippen LogP contribution is -2.35. The Bertz CT molecular complexity index is 555. The van der Waals surface area contributed by atoms with Gasteiger partial charge in [-0.25, -0.2) is 4.79 Å².